The Bertz CT molecular complexity index is 1370. The fourth-order valence-corrected chi connectivity index (χ4v) is 5.03. The highest BCUT2D eigenvalue weighted by Crippen LogP contribution is 2.45. The van der Waals surface area contributed by atoms with Gasteiger partial charge in [-0.3, -0.25) is 24.1 Å². The summed E-state index contributed by atoms with van der Waals surface area (Å²) in [6.45, 7) is -0.494. The molecule has 1 aliphatic carbocycles. The molecule has 0 saturated heterocycles. The van der Waals surface area contributed by atoms with Crippen LogP contribution >= 0.6 is 0 Å². The van der Waals surface area contributed by atoms with Crippen molar-refractivity contribution in [3.63, 3.8) is 0 Å². The molecule has 2 amide bonds. The number of rotatable bonds is 4. The number of fused-ring (bicyclic) bond motifs is 2. The van der Waals surface area contributed by atoms with Gasteiger partial charge in [0.15, 0.2) is 6.61 Å². The third kappa shape index (κ3) is 3.53. The molecule has 1 aromatic heterocycles. The summed E-state index contributed by atoms with van der Waals surface area (Å²) in [7, 11) is 1.52. The summed E-state index contributed by atoms with van der Waals surface area (Å²) in [5.74, 6) is -1.29. The smallest absolute Gasteiger partial charge is 0.312 e. The van der Waals surface area contributed by atoms with Gasteiger partial charge in [0.05, 0.1) is 28.9 Å². The predicted molar refractivity (Wildman–Crippen MR) is 125 cm³/mol. The lowest BCUT2D eigenvalue weighted by Gasteiger charge is -2.44. The molecule has 2 heterocycles. The molecule has 34 heavy (non-hydrogen) atoms. The number of carbonyl (C=O) groups excluding carboxylic acids is 3. The van der Waals surface area contributed by atoms with Crippen LogP contribution < -0.4 is 15.8 Å². The minimum absolute atomic E-state index is 0.190. The minimum atomic E-state index is -0.965. The van der Waals surface area contributed by atoms with Crippen molar-refractivity contribution in [2.75, 3.05) is 16.8 Å². The topological polar surface area (TPSA) is 111 Å². The van der Waals surface area contributed by atoms with E-state index < -0.39 is 24.0 Å². The van der Waals surface area contributed by atoms with Crippen molar-refractivity contribution in [1.82, 2.24) is 9.78 Å². The van der Waals surface area contributed by atoms with Gasteiger partial charge >= 0.3 is 5.97 Å². The van der Waals surface area contributed by atoms with Crippen LogP contribution in [0.4, 0.5) is 11.4 Å². The highest BCUT2D eigenvalue weighted by molar-refractivity contribution is 6.15. The lowest BCUT2D eigenvalue weighted by Crippen LogP contribution is -2.61. The molecular weight excluding hydrogens is 436 g/mol. The lowest BCUT2D eigenvalue weighted by atomic mass is 9.90. The number of esters is 1. The van der Waals surface area contributed by atoms with Gasteiger partial charge in [0.1, 0.15) is 5.54 Å². The molecule has 1 saturated carbocycles. The zero-order chi connectivity index (χ0) is 23.9. The molecule has 0 atom stereocenters. The average molecular weight is 460 g/mol. The van der Waals surface area contributed by atoms with Crippen LogP contribution in [0, 0.1) is 0 Å². The van der Waals surface area contributed by atoms with Gasteiger partial charge in [-0.15, -0.1) is 0 Å². The molecule has 9 heteroatoms. The van der Waals surface area contributed by atoms with Gasteiger partial charge in [-0.05, 0) is 31.0 Å². The molecule has 2 aliphatic rings. The fourth-order valence-electron chi connectivity index (χ4n) is 5.03. The zero-order valence-electron chi connectivity index (χ0n) is 18.7. The van der Waals surface area contributed by atoms with Crippen molar-refractivity contribution in [1.29, 1.82) is 0 Å². The number of aryl methyl sites for hydroxylation is 1. The number of nitrogens with zero attached hydrogens (tertiary/aromatic N) is 3. The number of amides is 2. The van der Waals surface area contributed by atoms with Gasteiger partial charge in [-0.25, -0.2) is 4.68 Å². The van der Waals surface area contributed by atoms with Gasteiger partial charge < -0.3 is 10.1 Å². The van der Waals surface area contributed by atoms with Crippen LogP contribution in [0.15, 0.2) is 53.3 Å². The number of hydrogen-bond donors (Lipinski definition) is 1. The zero-order valence-corrected chi connectivity index (χ0v) is 18.7. The minimum Gasteiger partial charge on any atom is -0.455 e. The molecule has 0 bridgehead atoms. The third-order valence-electron chi connectivity index (χ3n) is 6.63. The van der Waals surface area contributed by atoms with E-state index >= 15 is 0 Å². The Labute approximate surface area is 195 Å². The van der Waals surface area contributed by atoms with Crippen LogP contribution in [0.1, 0.15) is 31.4 Å². The van der Waals surface area contributed by atoms with E-state index in [1.807, 2.05) is 6.07 Å². The monoisotopic (exact) mass is 460 g/mol. The second-order valence-electron chi connectivity index (χ2n) is 8.70. The third-order valence-corrected chi connectivity index (χ3v) is 6.63. The van der Waals surface area contributed by atoms with Crippen LogP contribution in [0.5, 0.6) is 0 Å². The van der Waals surface area contributed by atoms with Gasteiger partial charge in [0, 0.05) is 12.4 Å². The fraction of sp³-hybridized carbons (Fsp3) is 0.320. The van der Waals surface area contributed by atoms with E-state index in [1.165, 1.54) is 16.6 Å². The van der Waals surface area contributed by atoms with E-state index in [0.717, 1.165) is 12.8 Å². The van der Waals surface area contributed by atoms with Crippen LogP contribution in [0.25, 0.3) is 10.8 Å². The van der Waals surface area contributed by atoms with E-state index in [9.17, 15) is 19.2 Å². The average Bonchev–Trinajstić information content (AvgIpc) is 3.32. The predicted octanol–water partition coefficient (Wildman–Crippen LogP) is 2.32. The maximum absolute atomic E-state index is 13.3. The molecule has 1 fully saturated rings. The van der Waals surface area contributed by atoms with Crippen molar-refractivity contribution in [3.05, 3.63) is 64.6 Å². The highest BCUT2D eigenvalue weighted by Gasteiger charge is 2.52. The summed E-state index contributed by atoms with van der Waals surface area (Å²) in [6, 6.07) is 14.0. The Kier molecular flexibility index (Phi) is 5.39. The van der Waals surface area contributed by atoms with Crippen molar-refractivity contribution in [3.8, 4) is 0 Å². The number of hydrogen-bond acceptors (Lipinski definition) is 6. The second kappa shape index (κ2) is 8.40. The maximum atomic E-state index is 13.3. The van der Waals surface area contributed by atoms with Gasteiger partial charge in [-0.1, -0.05) is 43.2 Å². The summed E-state index contributed by atoms with van der Waals surface area (Å²) < 4.78 is 6.53. The van der Waals surface area contributed by atoms with Crippen LogP contribution in [-0.2, 0) is 32.6 Å². The Morgan fingerprint density at radius 1 is 1.03 bits per heavy atom. The molecule has 5 rings (SSSR count). The molecule has 1 aliphatic heterocycles. The number of carbonyl (C=O) groups is 3. The summed E-state index contributed by atoms with van der Waals surface area (Å²) in [5, 5.41) is 8.16. The normalized spacial score (nSPS) is 16.4. The maximum Gasteiger partial charge on any atom is 0.312 e. The number of para-hydroxylation sites is 2. The van der Waals surface area contributed by atoms with E-state index in [2.05, 4.69) is 10.4 Å². The molecule has 1 spiro atoms. The molecule has 1 N–H and O–H groups in total. The summed E-state index contributed by atoms with van der Waals surface area (Å²) in [4.78, 5) is 52.8. The molecular formula is C25H24N4O5. The van der Waals surface area contributed by atoms with Crippen LogP contribution in [0.3, 0.4) is 0 Å². The molecule has 0 unspecified atom stereocenters. The number of benzene rings is 2. The second-order valence-corrected chi connectivity index (χ2v) is 8.70. The standard InChI is InChI=1S/C25H24N4O5/c1-28-23(32)17-9-3-2-8-16(17)19(27-28)14-22(31)34-15-21(30)29-20-11-5-4-10-18(20)26-24(33)25(29)12-6-7-13-25/h2-5,8-11H,6-7,12-15H2,1H3,(H,26,33). The van der Waals surface area contributed by atoms with E-state index in [4.69, 9.17) is 4.74 Å². The first-order chi connectivity index (χ1) is 16.4. The van der Waals surface area contributed by atoms with Crippen molar-refractivity contribution in [2.24, 2.45) is 7.05 Å². The Morgan fingerprint density at radius 3 is 2.47 bits per heavy atom. The summed E-state index contributed by atoms with van der Waals surface area (Å²) >= 11 is 0. The molecule has 9 nitrogen and oxygen atoms in total. The molecule has 3 aromatic rings. The van der Waals surface area contributed by atoms with Gasteiger partial charge in [0.25, 0.3) is 17.4 Å². The SMILES string of the molecule is Cn1nc(CC(=O)OCC(=O)N2c3ccccc3NC(=O)C23CCCC3)c2ccccc2c1=O. The summed E-state index contributed by atoms with van der Waals surface area (Å²) in [5.41, 5.74) is 0.339. The molecule has 0 radical (unpaired) electrons. The first-order valence-corrected chi connectivity index (χ1v) is 11.2. The van der Waals surface area contributed by atoms with Gasteiger partial charge in [-0.2, -0.15) is 5.10 Å². The van der Waals surface area contributed by atoms with Crippen LogP contribution in [-0.4, -0.2) is 39.7 Å². The Morgan fingerprint density at radius 2 is 1.71 bits per heavy atom. The first kappa shape index (κ1) is 21.8. The number of aromatic nitrogens is 2. The van der Waals surface area contributed by atoms with Crippen molar-refractivity contribution >= 4 is 39.9 Å². The first-order valence-electron chi connectivity index (χ1n) is 11.2. The number of ether oxygens (including phenoxy) is 1. The Hall–Kier alpha value is -4.01. The highest BCUT2D eigenvalue weighted by atomic mass is 16.5. The number of nitrogens with one attached hydrogen (secondary N) is 1. The molecule has 2 aromatic carbocycles. The quantitative estimate of drug-likeness (QED) is 0.599. The van der Waals surface area contributed by atoms with Crippen molar-refractivity contribution < 1.29 is 19.1 Å². The van der Waals surface area contributed by atoms with E-state index in [1.54, 1.807) is 42.5 Å². The van der Waals surface area contributed by atoms with Crippen LogP contribution in [0.2, 0.25) is 0 Å². The summed E-state index contributed by atoms with van der Waals surface area (Å²) in [6.07, 6.45) is 2.60. The molecule has 174 valence electrons. The van der Waals surface area contributed by atoms with Crippen molar-refractivity contribution in [2.45, 2.75) is 37.6 Å². The lowest BCUT2D eigenvalue weighted by molar-refractivity contribution is -0.147. The van der Waals surface area contributed by atoms with E-state index in [-0.39, 0.29) is 17.9 Å². The largest absolute Gasteiger partial charge is 0.455 e. The van der Waals surface area contributed by atoms with Gasteiger partial charge in [0.2, 0.25) is 0 Å². The van der Waals surface area contributed by atoms with E-state index in [0.29, 0.717) is 40.7 Å². The number of anilines is 2. The Balaban J connectivity index is 1.37.